The van der Waals surface area contributed by atoms with Crippen molar-refractivity contribution in [1.29, 1.82) is 0 Å². The molecule has 4 heteroatoms. The van der Waals surface area contributed by atoms with Crippen molar-refractivity contribution in [2.45, 2.75) is 46.5 Å². The fourth-order valence-corrected chi connectivity index (χ4v) is 2.77. The Hall–Kier alpha value is -2.10. The molecule has 1 unspecified atom stereocenters. The number of ketones is 1. The number of aromatic amines is 1. The number of H-pyrrole nitrogens is 1. The molecule has 4 nitrogen and oxygen atoms in total. The maximum absolute atomic E-state index is 12.7. The Labute approximate surface area is 131 Å². The lowest BCUT2D eigenvalue weighted by Crippen LogP contribution is -2.24. The van der Waals surface area contributed by atoms with Gasteiger partial charge in [0.15, 0.2) is 5.78 Å². The molecule has 0 aliphatic carbocycles. The number of rotatable bonds is 7. The molecule has 1 aromatic carbocycles. The molecular weight excluding hydrogens is 276 g/mol. The highest BCUT2D eigenvalue weighted by atomic mass is 16.2. The molecule has 0 saturated heterocycles. The predicted molar refractivity (Wildman–Crippen MR) is 88.8 cm³/mol. The first-order valence-electron chi connectivity index (χ1n) is 8.01. The van der Waals surface area contributed by atoms with Crippen LogP contribution in [-0.4, -0.2) is 15.6 Å². The average molecular weight is 300 g/mol. The van der Waals surface area contributed by atoms with E-state index in [0.717, 1.165) is 31.4 Å². The summed E-state index contributed by atoms with van der Waals surface area (Å²) in [6.45, 7) is 5.91. The van der Waals surface area contributed by atoms with Crippen LogP contribution in [0.3, 0.4) is 0 Å². The average Bonchev–Trinajstić information content (AvgIpc) is 2.83. The van der Waals surface area contributed by atoms with E-state index in [1.807, 2.05) is 37.3 Å². The Morgan fingerprint density at radius 1 is 1.23 bits per heavy atom. The SMILES string of the molecule is CCCCC(CC)C(=O)c1c(C)[nH]n(-c2ccccc2)c1=O. The number of Topliss-reactive ketones (excluding diaryl/α,β-unsaturated/α-hetero) is 1. The number of hydrogen-bond acceptors (Lipinski definition) is 2. The molecule has 0 amide bonds. The van der Waals surface area contributed by atoms with Crippen LogP contribution in [0.25, 0.3) is 5.69 Å². The molecule has 118 valence electrons. The Bertz CT molecular complexity index is 683. The van der Waals surface area contributed by atoms with Gasteiger partial charge in [0.2, 0.25) is 0 Å². The molecule has 1 heterocycles. The number of aryl methyl sites for hydroxylation is 1. The highest BCUT2D eigenvalue weighted by Gasteiger charge is 2.25. The Kier molecular flexibility index (Phi) is 5.36. The summed E-state index contributed by atoms with van der Waals surface area (Å²) in [7, 11) is 0. The Morgan fingerprint density at radius 3 is 2.50 bits per heavy atom. The van der Waals surface area contributed by atoms with Gasteiger partial charge < -0.3 is 0 Å². The maximum Gasteiger partial charge on any atom is 0.282 e. The second-order valence-electron chi connectivity index (χ2n) is 5.70. The number of nitrogens with zero attached hydrogens (tertiary/aromatic N) is 1. The van der Waals surface area contributed by atoms with Crippen LogP contribution in [0.2, 0.25) is 0 Å². The van der Waals surface area contributed by atoms with Crippen molar-refractivity contribution in [2.75, 3.05) is 0 Å². The van der Waals surface area contributed by atoms with E-state index in [9.17, 15) is 9.59 Å². The van der Waals surface area contributed by atoms with Gasteiger partial charge in [0, 0.05) is 11.6 Å². The van der Waals surface area contributed by atoms with Crippen LogP contribution < -0.4 is 5.56 Å². The van der Waals surface area contributed by atoms with E-state index in [2.05, 4.69) is 12.0 Å². The van der Waals surface area contributed by atoms with Gasteiger partial charge in [-0.25, -0.2) is 4.68 Å². The van der Waals surface area contributed by atoms with Gasteiger partial charge in [0.25, 0.3) is 5.56 Å². The van der Waals surface area contributed by atoms with Crippen molar-refractivity contribution in [1.82, 2.24) is 9.78 Å². The molecule has 2 rings (SSSR count). The van der Waals surface area contributed by atoms with Crippen molar-refractivity contribution in [3.8, 4) is 5.69 Å². The van der Waals surface area contributed by atoms with Crippen molar-refractivity contribution in [3.63, 3.8) is 0 Å². The highest BCUT2D eigenvalue weighted by Crippen LogP contribution is 2.19. The maximum atomic E-state index is 12.7. The van der Waals surface area contributed by atoms with E-state index >= 15 is 0 Å². The standard InChI is InChI=1S/C18H24N2O2/c1-4-6-10-14(5-2)17(21)16-13(3)19-20(18(16)22)15-11-8-7-9-12-15/h7-9,11-12,14,19H,4-6,10H2,1-3H3. The minimum Gasteiger partial charge on any atom is -0.295 e. The van der Waals surface area contributed by atoms with Gasteiger partial charge in [0.1, 0.15) is 5.56 Å². The minimum atomic E-state index is -0.247. The first kappa shape index (κ1) is 16.3. The second-order valence-corrected chi connectivity index (χ2v) is 5.70. The van der Waals surface area contributed by atoms with E-state index < -0.39 is 0 Å². The zero-order valence-corrected chi connectivity index (χ0v) is 13.6. The third-order valence-corrected chi connectivity index (χ3v) is 4.10. The third kappa shape index (κ3) is 3.21. The van der Waals surface area contributed by atoms with Gasteiger partial charge in [-0.1, -0.05) is 44.9 Å². The summed E-state index contributed by atoms with van der Waals surface area (Å²) in [5.74, 6) is -0.0873. The van der Waals surface area contributed by atoms with E-state index in [1.165, 1.54) is 4.68 Å². The molecule has 0 aliphatic rings. The molecule has 0 radical (unpaired) electrons. The lowest BCUT2D eigenvalue weighted by molar-refractivity contribution is 0.0906. The summed E-state index contributed by atoms with van der Waals surface area (Å²) in [4.78, 5) is 25.4. The number of benzene rings is 1. The quantitative estimate of drug-likeness (QED) is 0.789. The first-order chi connectivity index (χ1) is 10.6. The zero-order chi connectivity index (χ0) is 16.1. The van der Waals surface area contributed by atoms with Crippen LogP contribution in [0.1, 0.15) is 55.6 Å². The highest BCUT2D eigenvalue weighted by molar-refractivity contribution is 5.98. The molecule has 0 bridgehead atoms. The van der Waals surface area contributed by atoms with E-state index in [0.29, 0.717) is 11.3 Å². The number of hydrogen-bond donors (Lipinski definition) is 1. The number of aromatic nitrogens is 2. The molecule has 0 spiro atoms. The molecule has 0 aliphatic heterocycles. The van der Waals surface area contributed by atoms with Gasteiger partial charge in [-0.3, -0.25) is 14.7 Å². The zero-order valence-electron chi connectivity index (χ0n) is 13.6. The third-order valence-electron chi connectivity index (χ3n) is 4.10. The van der Waals surface area contributed by atoms with E-state index in [1.54, 1.807) is 6.92 Å². The van der Waals surface area contributed by atoms with Crippen molar-refractivity contribution >= 4 is 5.78 Å². The molecule has 0 fully saturated rings. The number of carbonyl (C=O) groups excluding carboxylic acids is 1. The first-order valence-corrected chi connectivity index (χ1v) is 8.01. The topological polar surface area (TPSA) is 54.9 Å². The number of unbranched alkanes of at least 4 members (excludes halogenated alkanes) is 1. The number of para-hydroxylation sites is 1. The summed E-state index contributed by atoms with van der Waals surface area (Å²) >= 11 is 0. The summed E-state index contributed by atoms with van der Waals surface area (Å²) < 4.78 is 1.45. The molecule has 1 N–H and O–H groups in total. The molecular formula is C18H24N2O2. The summed E-state index contributed by atoms with van der Waals surface area (Å²) in [6.07, 6.45) is 3.69. The van der Waals surface area contributed by atoms with E-state index in [-0.39, 0.29) is 17.3 Å². The van der Waals surface area contributed by atoms with Gasteiger partial charge in [-0.05, 0) is 31.9 Å². The summed E-state index contributed by atoms with van der Waals surface area (Å²) in [6, 6.07) is 9.33. The Morgan fingerprint density at radius 2 is 1.91 bits per heavy atom. The molecule has 1 aromatic heterocycles. The van der Waals surface area contributed by atoms with Crippen molar-refractivity contribution < 1.29 is 4.79 Å². The van der Waals surface area contributed by atoms with Crippen LogP contribution in [0.5, 0.6) is 0 Å². The van der Waals surface area contributed by atoms with Crippen LogP contribution >= 0.6 is 0 Å². The second kappa shape index (κ2) is 7.25. The smallest absolute Gasteiger partial charge is 0.282 e. The van der Waals surface area contributed by atoms with Gasteiger partial charge in [0.05, 0.1) is 5.69 Å². The van der Waals surface area contributed by atoms with Crippen LogP contribution in [-0.2, 0) is 0 Å². The largest absolute Gasteiger partial charge is 0.295 e. The predicted octanol–water partition coefficient (Wildman–Crippen LogP) is 3.87. The van der Waals surface area contributed by atoms with Gasteiger partial charge in [-0.15, -0.1) is 0 Å². The van der Waals surface area contributed by atoms with Crippen LogP contribution in [0.15, 0.2) is 35.1 Å². The fraction of sp³-hybridized carbons (Fsp3) is 0.444. The number of nitrogens with one attached hydrogen (secondary N) is 1. The summed E-state index contributed by atoms with van der Waals surface area (Å²) in [5.41, 5.74) is 1.46. The fourth-order valence-electron chi connectivity index (χ4n) is 2.77. The van der Waals surface area contributed by atoms with Crippen molar-refractivity contribution in [2.24, 2.45) is 5.92 Å². The van der Waals surface area contributed by atoms with Crippen LogP contribution in [0, 0.1) is 12.8 Å². The van der Waals surface area contributed by atoms with Crippen LogP contribution in [0.4, 0.5) is 0 Å². The summed E-state index contributed by atoms with van der Waals surface area (Å²) in [5, 5.41) is 3.03. The monoisotopic (exact) mass is 300 g/mol. The van der Waals surface area contributed by atoms with E-state index in [4.69, 9.17) is 0 Å². The molecule has 0 saturated carbocycles. The van der Waals surface area contributed by atoms with Gasteiger partial charge in [-0.2, -0.15) is 0 Å². The molecule has 1 atom stereocenters. The minimum absolute atomic E-state index is 0.0237. The lowest BCUT2D eigenvalue weighted by Gasteiger charge is -2.11. The number of carbonyl (C=O) groups is 1. The van der Waals surface area contributed by atoms with Crippen molar-refractivity contribution in [3.05, 3.63) is 51.9 Å². The molecule has 22 heavy (non-hydrogen) atoms. The lowest BCUT2D eigenvalue weighted by atomic mass is 9.91. The molecule has 2 aromatic rings. The normalized spacial score (nSPS) is 12.3. The van der Waals surface area contributed by atoms with Gasteiger partial charge >= 0.3 is 0 Å². The Balaban J connectivity index is 2.38.